The number of aliphatic hydroxyl groups is 2. The van der Waals surface area contributed by atoms with Gasteiger partial charge in [-0.2, -0.15) is 5.26 Å². The average molecular weight is 718 g/mol. The minimum atomic E-state index is -0.872. The highest BCUT2D eigenvalue weighted by atomic mass is 16.5. The summed E-state index contributed by atoms with van der Waals surface area (Å²) in [5.41, 5.74) is 5.41. The summed E-state index contributed by atoms with van der Waals surface area (Å²) >= 11 is 0. The van der Waals surface area contributed by atoms with Crippen molar-refractivity contribution in [3.8, 4) is 6.07 Å². The topological polar surface area (TPSA) is 116 Å². The minimum Gasteiger partial charge on any atom is -0.392 e. The number of fused-ring (bicyclic) bond motifs is 11. The Bertz CT molecular complexity index is 2170. The number of aromatic nitrogens is 1. The van der Waals surface area contributed by atoms with Crippen molar-refractivity contribution < 1.29 is 24.5 Å². The van der Waals surface area contributed by atoms with E-state index in [1.165, 1.54) is 16.2 Å². The van der Waals surface area contributed by atoms with Crippen LogP contribution in [0.3, 0.4) is 0 Å². The van der Waals surface area contributed by atoms with E-state index in [1.807, 2.05) is 32.9 Å². The molecule has 0 spiro atoms. The minimum absolute atomic E-state index is 0.0113. The fraction of sp³-hybridized carbons (Fsp3) is 0.578. The number of ether oxygens (including phenoxy) is 1. The van der Waals surface area contributed by atoms with Crippen molar-refractivity contribution in [1.82, 2.24) is 9.47 Å². The summed E-state index contributed by atoms with van der Waals surface area (Å²) in [6, 6.07) is 3.77. The SMILES string of the molecule is C=C(C)[C@H]1C(=O)c2c3c(cc4c5c(n1c24)[C@@]1(C)[C@@H](CC[C@H]2[C@](C)(/C=C/C=C(\C#N)C(=O)N(C)C)[C@@H](O)CC[C@@]21C)C5)C1=CC(C)(C)OC(C)(C)[C@H]1[C@@H]3O. The van der Waals surface area contributed by atoms with Gasteiger partial charge in [-0.05, 0) is 119 Å². The lowest BCUT2D eigenvalue weighted by molar-refractivity contribution is -0.144. The number of hydrogen-bond donors (Lipinski definition) is 2. The first-order valence-electron chi connectivity index (χ1n) is 19.4. The first-order chi connectivity index (χ1) is 24.7. The molecule has 0 unspecified atom stereocenters. The van der Waals surface area contributed by atoms with Gasteiger partial charge in [-0.25, -0.2) is 0 Å². The third-order valence-corrected chi connectivity index (χ3v) is 15.1. The van der Waals surface area contributed by atoms with Gasteiger partial charge < -0.3 is 24.4 Å². The molecule has 0 bridgehead atoms. The zero-order valence-corrected chi connectivity index (χ0v) is 33.1. The third kappa shape index (κ3) is 4.45. The molecular weight excluding hydrogens is 663 g/mol. The summed E-state index contributed by atoms with van der Waals surface area (Å²) in [7, 11) is 3.26. The number of Topliss-reactive ketones (excluding diaryl/α,β-unsaturated/α-hetero) is 1. The predicted molar refractivity (Wildman–Crippen MR) is 206 cm³/mol. The Balaban J connectivity index is 1.33. The van der Waals surface area contributed by atoms with Gasteiger partial charge in [0.2, 0.25) is 0 Å². The van der Waals surface area contributed by atoms with Crippen molar-refractivity contribution in [3.63, 3.8) is 0 Å². The summed E-state index contributed by atoms with van der Waals surface area (Å²) in [6.45, 7) is 21.5. The molecule has 8 nitrogen and oxygen atoms in total. The van der Waals surface area contributed by atoms with Gasteiger partial charge in [0.15, 0.2) is 5.78 Å². The molecule has 9 atom stereocenters. The van der Waals surface area contributed by atoms with Crippen molar-refractivity contribution in [3.05, 3.63) is 76.0 Å². The maximum atomic E-state index is 14.9. The molecule has 8 rings (SSSR count). The average Bonchev–Trinajstić information content (AvgIpc) is 3.73. The lowest BCUT2D eigenvalue weighted by Crippen LogP contribution is -2.62. The Morgan fingerprint density at radius 1 is 1.11 bits per heavy atom. The molecule has 1 amide bonds. The Morgan fingerprint density at radius 2 is 1.81 bits per heavy atom. The Hall–Kier alpha value is -3.77. The van der Waals surface area contributed by atoms with Gasteiger partial charge in [0, 0.05) is 47.5 Å². The van der Waals surface area contributed by atoms with Crippen LogP contribution < -0.4 is 0 Å². The van der Waals surface area contributed by atoms with Crippen LogP contribution >= 0.6 is 0 Å². The number of carbonyl (C=O) groups is 2. The summed E-state index contributed by atoms with van der Waals surface area (Å²) in [6.07, 6.45) is 10.4. The molecule has 8 heteroatoms. The number of nitrogens with zero attached hydrogens (tertiary/aromatic N) is 3. The first kappa shape index (κ1) is 36.2. The van der Waals surface area contributed by atoms with E-state index in [0.717, 1.165) is 58.9 Å². The summed E-state index contributed by atoms with van der Waals surface area (Å²) in [5.74, 6) is -0.176. The lowest BCUT2D eigenvalue weighted by atomic mass is 9.40. The molecule has 1 aromatic carbocycles. The number of nitriles is 1. The number of rotatable bonds is 4. The molecule has 4 aliphatic carbocycles. The van der Waals surface area contributed by atoms with Crippen molar-refractivity contribution >= 4 is 28.2 Å². The number of ketones is 1. The molecule has 53 heavy (non-hydrogen) atoms. The van der Waals surface area contributed by atoms with Crippen LogP contribution in [0, 0.1) is 39.9 Å². The molecule has 2 N–H and O–H groups in total. The van der Waals surface area contributed by atoms with E-state index in [0.29, 0.717) is 17.9 Å². The molecule has 2 aromatic rings. The van der Waals surface area contributed by atoms with Crippen LogP contribution in [0.4, 0.5) is 0 Å². The van der Waals surface area contributed by atoms with Crippen LogP contribution in [0.25, 0.3) is 16.5 Å². The second-order valence-electron chi connectivity index (χ2n) is 19.1. The van der Waals surface area contributed by atoms with Crippen molar-refractivity contribution in [1.29, 1.82) is 5.26 Å². The number of amides is 1. The number of benzene rings is 1. The van der Waals surface area contributed by atoms with E-state index in [-0.39, 0.29) is 39.9 Å². The number of likely N-dealkylation sites (N-methyl/N-ethyl adjacent to an activating group) is 1. The fourth-order valence-electron chi connectivity index (χ4n) is 12.9. The highest BCUT2D eigenvalue weighted by Gasteiger charge is 2.67. The smallest absolute Gasteiger partial charge is 0.263 e. The lowest BCUT2D eigenvalue weighted by Gasteiger charge is -2.64. The van der Waals surface area contributed by atoms with E-state index in [9.17, 15) is 25.1 Å². The molecule has 0 radical (unpaired) electrons. The molecule has 280 valence electrons. The number of carbonyl (C=O) groups excluding carboxylic acids is 2. The predicted octanol–water partition coefficient (Wildman–Crippen LogP) is 7.69. The van der Waals surface area contributed by atoms with Gasteiger partial charge >= 0.3 is 0 Å². The largest absolute Gasteiger partial charge is 0.392 e. The molecule has 2 fully saturated rings. The van der Waals surface area contributed by atoms with Gasteiger partial charge in [-0.15, -0.1) is 0 Å². The van der Waals surface area contributed by atoms with Crippen LogP contribution in [0.5, 0.6) is 0 Å². The van der Waals surface area contributed by atoms with Crippen molar-refractivity contribution in [2.24, 2.45) is 28.6 Å². The van der Waals surface area contributed by atoms with Crippen LogP contribution in [0.1, 0.15) is 126 Å². The van der Waals surface area contributed by atoms with Gasteiger partial charge in [0.05, 0.1) is 34.5 Å². The van der Waals surface area contributed by atoms with Gasteiger partial charge in [0.25, 0.3) is 5.91 Å². The summed E-state index contributed by atoms with van der Waals surface area (Å²) < 4.78 is 8.86. The van der Waals surface area contributed by atoms with Crippen molar-refractivity contribution in [2.45, 2.75) is 122 Å². The summed E-state index contributed by atoms with van der Waals surface area (Å²) in [5, 5.41) is 34.8. The van der Waals surface area contributed by atoms with E-state index < -0.39 is 34.9 Å². The molecule has 2 aliphatic heterocycles. The molecule has 2 saturated carbocycles. The van der Waals surface area contributed by atoms with Gasteiger partial charge in [-0.1, -0.05) is 45.1 Å². The van der Waals surface area contributed by atoms with Crippen molar-refractivity contribution in [2.75, 3.05) is 14.1 Å². The maximum absolute atomic E-state index is 14.9. The number of hydrogen-bond acceptors (Lipinski definition) is 6. The van der Waals surface area contributed by atoms with Crippen LogP contribution in [0.15, 0.2) is 48.1 Å². The molecule has 1 aromatic heterocycles. The van der Waals surface area contributed by atoms with Crippen LogP contribution in [-0.2, 0) is 21.4 Å². The van der Waals surface area contributed by atoms with Gasteiger partial charge in [0.1, 0.15) is 17.7 Å². The first-order valence-corrected chi connectivity index (χ1v) is 19.4. The van der Waals surface area contributed by atoms with E-state index in [2.05, 4.69) is 57.9 Å². The molecule has 6 aliphatic rings. The highest BCUT2D eigenvalue weighted by Crippen LogP contribution is 2.71. The Kier molecular flexibility index (Phi) is 7.62. The number of allylic oxidation sites excluding steroid dienone is 3. The zero-order chi connectivity index (χ0) is 38.5. The Labute approximate surface area is 313 Å². The fourth-order valence-corrected chi connectivity index (χ4v) is 12.9. The maximum Gasteiger partial charge on any atom is 0.263 e. The van der Waals surface area contributed by atoms with E-state index in [1.54, 1.807) is 26.2 Å². The van der Waals surface area contributed by atoms with Gasteiger partial charge in [-0.3, -0.25) is 9.59 Å². The summed E-state index contributed by atoms with van der Waals surface area (Å²) in [4.78, 5) is 28.9. The van der Waals surface area contributed by atoms with Crippen LogP contribution in [0.2, 0.25) is 0 Å². The standard InChI is InChI=1S/C45H55N3O5/c1-23(2)35-38(51)33-32-26(29-21-41(3,4)53-42(5,6)34(29)37(32)50)20-27-28-19-25-14-15-30-43(7,17-12-13-24(22-46)40(52)47(10)11)31(49)16-18-44(30,8)45(25,9)39(28)48(35)36(27)33/h12-13,17,20-21,25,30-31,34-35,37,49-50H,1,14-16,18-19H2,2-11H3/b17-12+,24-13+/t25-,30-,31-,34+,35-,37+,43-,44-,45+/m0/s1. The van der Waals surface area contributed by atoms with Crippen LogP contribution in [-0.4, -0.2) is 62.8 Å². The zero-order valence-electron chi connectivity index (χ0n) is 33.1. The Morgan fingerprint density at radius 3 is 2.45 bits per heavy atom. The second kappa shape index (κ2) is 11.1. The number of aliphatic hydroxyl groups excluding tert-OH is 2. The molecular formula is C45H55N3O5. The molecule has 0 saturated heterocycles. The van der Waals surface area contributed by atoms with E-state index in [4.69, 9.17) is 4.74 Å². The van der Waals surface area contributed by atoms with E-state index >= 15 is 0 Å². The third-order valence-electron chi connectivity index (χ3n) is 15.1. The normalized spacial score (nSPS) is 37.5. The molecule has 3 heterocycles. The monoisotopic (exact) mass is 717 g/mol. The second-order valence-corrected chi connectivity index (χ2v) is 19.1. The highest BCUT2D eigenvalue weighted by molar-refractivity contribution is 6.18. The quantitative estimate of drug-likeness (QED) is 0.145.